The third-order valence-electron chi connectivity index (χ3n) is 6.99. The fourth-order valence-corrected chi connectivity index (χ4v) is 5.02. The van der Waals surface area contributed by atoms with Gasteiger partial charge in [-0.3, -0.25) is 4.90 Å². The Hall–Kier alpha value is -2.79. The first-order valence-electron chi connectivity index (χ1n) is 12.1. The molecule has 0 radical (unpaired) electrons. The molecule has 2 atom stereocenters. The number of carbonyl (C=O) groups is 1. The molecular weight excluding hydrogens is 410 g/mol. The Bertz CT molecular complexity index is 966. The van der Waals surface area contributed by atoms with E-state index in [-0.39, 0.29) is 12.1 Å². The number of piperazine rings is 1. The van der Waals surface area contributed by atoms with E-state index in [0.717, 1.165) is 44.7 Å². The van der Waals surface area contributed by atoms with E-state index in [1.54, 1.807) is 0 Å². The van der Waals surface area contributed by atoms with Crippen LogP contribution in [0.5, 0.6) is 0 Å². The third kappa shape index (κ3) is 5.59. The standard InChI is InChI=1S/C28H37N3O2/c1-21(2)19-29-14-16-30(17-15-29)25-10-11-26-22(3)12-13-31(23(4)27(26)18-25)28(32)33-20-24-8-6-5-7-9-24/h5-11,18,22-23H,1,12-17,19-20H2,2-4H3/t22-,23+/m0/s1. The molecule has 0 spiro atoms. The highest BCUT2D eigenvalue weighted by Crippen LogP contribution is 2.37. The molecule has 1 amide bonds. The van der Waals surface area contributed by atoms with Gasteiger partial charge in [0.15, 0.2) is 0 Å². The Balaban J connectivity index is 1.48. The quantitative estimate of drug-likeness (QED) is 0.560. The number of benzene rings is 2. The number of ether oxygens (including phenoxy) is 1. The van der Waals surface area contributed by atoms with Gasteiger partial charge in [-0.05, 0) is 55.0 Å². The third-order valence-corrected chi connectivity index (χ3v) is 6.99. The second-order valence-corrected chi connectivity index (χ2v) is 9.63. The zero-order chi connectivity index (χ0) is 23.4. The second kappa shape index (κ2) is 10.4. The monoisotopic (exact) mass is 447 g/mol. The van der Waals surface area contributed by atoms with Crippen LogP contribution in [-0.4, -0.2) is 55.2 Å². The van der Waals surface area contributed by atoms with Gasteiger partial charge in [0.1, 0.15) is 6.61 Å². The highest BCUT2D eigenvalue weighted by atomic mass is 16.6. The molecular formula is C28H37N3O2. The van der Waals surface area contributed by atoms with Crippen LogP contribution in [0, 0.1) is 0 Å². The minimum absolute atomic E-state index is 0.0159. The van der Waals surface area contributed by atoms with Gasteiger partial charge < -0.3 is 14.5 Å². The van der Waals surface area contributed by atoms with E-state index in [0.29, 0.717) is 19.1 Å². The molecule has 0 bridgehead atoms. The Morgan fingerprint density at radius 2 is 1.73 bits per heavy atom. The minimum Gasteiger partial charge on any atom is -0.445 e. The normalized spacial score (nSPS) is 21.3. The summed E-state index contributed by atoms with van der Waals surface area (Å²) >= 11 is 0. The molecule has 0 saturated carbocycles. The predicted molar refractivity (Wildman–Crippen MR) is 135 cm³/mol. The Morgan fingerprint density at radius 1 is 1.00 bits per heavy atom. The van der Waals surface area contributed by atoms with Crippen molar-refractivity contribution in [2.45, 2.75) is 45.8 Å². The first kappa shape index (κ1) is 23.4. The van der Waals surface area contributed by atoms with Crippen molar-refractivity contribution in [3.63, 3.8) is 0 Å². The second-order valence-electron chi connectivity index (χ2n) is 9.63. The van der Waals surface area contributed by atoms with Gasteiger partial charge in [-0.15, -0.1) is 0 Å². The van der Waals surface area contributed by atoms with Crippen LogP contribution in [0.3, 0.4) is 0 Å². The molecule has 2 heterocycles. The summed E-state index contributed by atoms with van der Waals surface area (Å²) in [6, 6.07) is 16.7. The number of nitrogens with zero attached hydrogens (tertiary/aromatic N) is 3. The number of fused-ring (bicyclic) bond motifs is 1. The van der Waals surface area contributed by atoms with E-state index < -0.39 is 0 Å². The van der Waals surface area contributed by atoms with Crippen molar-refractivity contribution in [3.8, 4) is 0 Å². The van der Waals surface area contributed by atoms with Crippen LogP contribution in [0.2, 0.25) is 0 Å². The van der Waals surface area contributed by atoms with Gasteiger partial charge in [0.2, 0.25) is 0 Å². The Morgan fingerprint density at radius 3 is 2.42 bits per heavy atom. The fourth-order valence-electron chi connectivity index (χ4n) is 5.02. The van der Waals surface area contributed by atoms with Crippen molar-refractivity contribution in [1.29, 1.82) is 0 Å². The van der Waals surface area contributed by atoms with Crippen molar-refractivity contribution in [3.05, 3.63) is 77.4 Å². The van der Waals surface area contributed by atoms with Gasteiger partial charge in [-0.25, -0.2) is 4.79 Å². The van der Waals surface area contributed by atoms with E-state index in [1.165, 1.54) is 22.4 Å². The van der Waals surface area contributed by atoms with Gasteiger partial charge in [0.25, 0.3) is 0 Å². The molecule has 2 aliphatic heterocycles. The van der Waals surface area contributed by atoms with Crippen molar-refractivity contribution in [2.24, 2.45) is 0 Å². The minimum atomic E-state index is -0.231. The first-order chi connectivity index (χ1) is 15.9. The van der Waals surface area contributed by atoms with Gasteiger partial charge in [-0.2, -0.15) is 0 Å². The van der Waals surface area contributed by atoms with Gasteiger partial charge >= 0.3 is 6.09 Å². The van der Waals surface area contributed by atoms with E-state index >= 15 is 0 Å². The smallest absolute Gasteiger partial charge is 0.410 e. The molecule has 2 aliphatic rings. The molecule has 0 aliphatic carbocycles. The Kier molecular flexibility index (Phi) is 7.39. The molecule has 0 unspecified atom stereocenters. The summed E-state index contributed by atoms with van der Waals surface area (Å²) in [6.07, 6.45) is 0.710. The summed E-state index contributed by atoms with van der Waals surface area (Å²) in [5.74, 6) is 0.413. The van der Waals surface area contributed by atoms with Crippen LogP contribution in [0.1, 0.15) is 55.8 Å². The molecule has 2 aromatic rings. The lowest BCUT2D eigenvalue weighted by molar-refractivity contribution is 0.0834. The number of hydrogen-bond donors (Lipinski definition) is 0. The maximum Gasteiger partial charge on any atom is 0.410 e. The number of hydrogen-bond acceptors (Lipinski definition) is 4. The van der Waals surface area contributed by atoms with Crippen LogP contribution < -0.4 is 4.90 Å². The number of carbonyl (C=O) groups excluding carboxylic acids is 1. The van der Waals surface area contributed by atoms with Crippen LogP contribution in [0.25, 0.3) is 0 Å². The maximum absolute atomic E-state index is 13.0. The van der Waals surface area contributed by atoms with Gasteiger partial charge in [-0.1, -0.05) is 55.5 Å². The summed E-state index contributed by atoms with van der Waals surface area (Å²) < 4.78 is 5.70. The summed E-state index contributed by atoms with van der Waals surface area (Å²) in [4.78, 5) is 19.9. The highest BCUT2D eigenvalue weighted by molar-refractivity contribution is 5.69. The van der Waals surface area contributed by atoms with Crippen molar-refractivity contribution < 1.29 is 9.53 Å². The SMILES string of the molecule is C=C(C)CN1CCN(c2ccc3c(c2)[C@@H](C)N(C(=O)OCc2ccccc2)CC[C@@H]3C)CC1. The summed E-state index contributed by atoms with van der Waals surface area (Å²) in [7, 11) is 0. The zero-order valence-electron chi connectivity index (χ0n) is 20.3. The molecule has 1 saturated heterocycles. The average Bonchev–Trinajstić information content (AvgIpc) is 2.94. The number of rotatable bonds is 5. The lowest BCUT2D eigenvalue weighted by Crippen LogP contribution is -2.46. The maximum atomic E-state index is 13.0. The molecule has 33 heavy (non-hydrogen) atoms. The highest BCUT2D eigenvalue weighted by Gasteiger charge is 2.30. The molecule has 4 rings (SSSR count). The number of anilines is 1. The molecule has 0 N–H and O–H groups in total. The molecule has 1 fully saturated rings. The van der Waals surface area contributed by atoms with Crippen molar-refractivity contribution >= 4 is 11.8 Å². The topological polar surface area (TPSA) is 36.0 Å². The predicted octanol–water partition coefficient (Wildman–Crippen LogP) is 5.59. The number of amides is 1. The fraction of sp³-hybridized carbons (Fsp3) is 0.464. The Labute approximate surface area is 198 Å². The molecule has 5 nitrogen and oxygen atoms in total. The lowest BCUT2D eigenvalue weighted by atomic mass is 9.91. The average molecular weight is 448 g/mol. The molecule has 2 aromatic carbocycles. The first-order valence-corrected chi connectivity index (χ1v) is 12.1. The lowest BCUT2D eigenvalue weighted by Gasteiger charge is -2.37. The van der Waals surface area contributed by atoms with Crippen LogP contribution in [-0.2, 0) is 11.3 Å². The molecule has 176 valence electrons. The van der Waals surface area contributed by atoms with E-state index in [2.05, 4.69) is 55.3 Å². The summed E-state index contributed by atoms with van der Waals surface area (Å²) in [6.45, 7) is 16.7. The van der Waals surface area contributed by atoms with Gasteiger partial charge in [0.05, 0.1) is 6.04 Å². The van der Waals surface area contributed by atoms with Crippen LogP contribution in [0.15, 0.2) is 60.7 Å². The van der Waals surface area contributed by atoms with E-state index in [9.17, 15) is 4.79 Å². The van der Waals surface area contributed by atoms with Crippen molar-refractivity contribution in [2.75, 3.05) is 44.2 Å². The van der Waals surface area contributed by atoms with Crippen LogP contribution >= 0.6 is 0 Å². The van der Waals surface area contributed by atoms with E-state index in [1.807, 2.05) is 35.2 Å². The largest absolute Gasteiger partial charge is 0.445 e. The van der Waals surface area contributed by atoms with Gasteiger partial charge in [0, 0.05) is 45.0 Å². The molecule has 5 heteroatoms. The van der Waals surface area contributed by atoms with Crippen LogP contribution in [0.4, 0.5) is 10.5 Å². The van der Waals surface area contributed by atoms with E-state index in [4.69, 9.17) is 4.74 Å². The zero-order valence-corrected chi connectivity index (χ0v) is 20.3. The summed E-state index contributed by atoms with van der Waals surface area (Å²) in [5, 5.41) is 0. The van der Waals surface area contributed by atoms with Crippen molar-refractivity contribution in [1.82, 2.24) is 9.80 Å². The summed E-state index contributed by atoms with van der Waals surface area (Å²) in [5.41, 5.74) is 6.08. The molecule has 0 aromatic heterocycles.